The highest BCUT2D eigenvalue weighted by Gasteiger charge is 2.31. The molecule has 5 nitrogen and oxygen atoms in total. The third kappa shape index (κ3) is 5.94. The van der Waals surface area contributed by atoms with Gasteiger partial charge in [-0.05, 0) is 57.7 Å². The molecule has 2 heterocycles. The molecule has 0 bridgehead atoms. The first-order valence-electron chi connectivity index (χ1n) is 8.08. The minimum atomic E-state index is -1.01. The Morgan fingerprint density at radius 1 is 1.35 bits per heavy atom. The quantitative estimate of drug-likeness (QED) is 0.846. The van der Waals surface area contributed by atoms with E-state index in [2.05, 4.69) is 4.98 Å². The second-order valence-corrected chi connectivity index (χ2v) is 8.43. The SMILES string of the molecule is CC(C)(C)OC(=O)N1CCCC[C@@H]1C[S@@](=O)Cc1ccncc1. The highest BCUT2D eigenvalue weighted by Crippen LogP contribution is 2.21. The van der Waals surface area contributed by atoms with Gasteiger partial charge in [0.1, 0.15) is 5.60 Å². The van der Waals surface area contributed by atoms with E-state index >= 15 is 0 Å². The van der Waals surface area contributed by atoms with Crippen molar-refractivity contribution < 1.29 is 13.7 Å². The number of hydrogen-bond acceptors (Lipinski definition) is 4. The summed E-state index contributed by atoms with van der Waals surface area (Å²) in [6.45, 7) is 6.29. The molecule has 1 saturated heterocycles. The Bertz CT molecular complexity index is 543. The van der Waals surface area contributed by atoms with Crippen LogP contribution in [0.2, 0.25) is 0 Å². The molecule has 1 amide bonds. The van der Waals surface area contributed by atoms with Crippen LogP contribution in [0.15, 0.2) is 24.5 Å². The van der Waals surface area contributed by atoms with E-state index in [1.807, 2.05) is 32.9 Å². The molecular formula is C17H26N2O3S. The number of piperidine rings is 1. The molecule has 2 rings (SSSR count). The summed E-state index contributed by atoms with van der Waals surface area (Å²) in [5.74, 6) is 1.00. The molecule has 1 aromatic heterocycles. The lowest BCUT2D eigenvalue weighted by Gasteiger charge is -2.36. The van der Waals surface area contributed by atoms with Gasteiger partial charge in [-0.15, -0.1) is 0 Å². The van der Waals surface area contributed by atoms with E-state index in [1.165, 1.54) is 0 Å². The van der Waals surface area contributed by atoms with E-state index in [0.29, 0.717) is 18.1 Å². The predicted octanol–water partition coefficient (Wildman–Crippen LogP) is 3.12. The molecule has 1 aliphatic rings. The molecule has 0 spiro atoms. The van der Waals surface area contributed by atoms with Crippen LogP contribution in [0, 0.1) is 0 Å². The normalized spacial score (nSPS) is 20.1. The van der Waals surface area contributed by atoms with Crippen LogP contribution in [0.4, 0.5) is 4.79 Å². The van der Waals surface area contributed by atoms with Crippen molar-refractivity contribution in [3.63, 3.8) is 0 Å². The van der Waals surface area contributed by atoms with Crippen molar-refractivity contribution in [2.24, 2.45) is 0 Å². The molecule has 0 radical (unpaired) electrons. The zero-order chi connectivity index (χ0) is 16.9. The molecule has 1 fully saturated rings. The summed E-state index contributed by atoms with van der Waals surface area (Å²) in [5.41, 5.74) is 0.507. The van der Waals surface area contributed by atoms with E-state index in [0.717, 1.165) is 24.8 Å². The maximum Gasteiger partial charge on any atom is 0.410 e. The minimum Gasteiger partial charge on any atom is -0.444 e. The number of nitrogens with zero attached hydrogens (tertiary/aromatic N) is 2. The Morgan fingerprint density at radius 2 is 2.04 bits per heavy atom. The lowest BCUT2D eigenvalue weighted by atomic mass is 10.0. The monoisotopic (exact) mass is 338 g/mol. The molecule has 1 aromatic rings. The summed E-state index contributed by atoms with van der Waals surface area (Å²) in [4.78, 5) is 18.1. The predicted molar refractivity (Wildman–Crippen MR) is 91.5 cm³/mol. The van der Waals surface area contributed by atoms with Crippen molar-refractivity contribution in [3.05, 3.63) is 30.1 Å². The maximum atomic E-state index is 12.4. The number of rotatable bonds is 4. The van der Waals surface area contributed by atoms with Crippen molar-refractivity contribution in [2.75, 3.05) is 12.3 Å². The largest absolute Gasteiger partial charge is 0.444 e. The van der Waals surface area contributed by atoms with Gasteiger partial charge in [-0.2, -0.15) is 0 Å². The fraction of sp³-hybridized carbons (Fsp3) is 0.647. The average Bonchev–Trinajstić information content (AvgIpc) is 2.47. The zero-order valence-electron chi connectivity index (χ0n) is 14.2. The van der Waals surface area contributed by atoms with Crippen LogP contribution in [-0.2, 0) is 21.3 Å². The Kier molecular flexibility index (Phi) is 6.16. The Balaban J connectivity index is 1.95. The first-order chi connectivity index (χ1) is 10.8. The average molecular weight is 338 g/mol. The van der Waals surface area contributed by atoms with Gasteiger partial charge >= 0.3 is 6.09 Å². The number of carbonyl (C=O) groups excluding carboxylic acids is 1. The highest BCUT2D eigenvalue weighted by atomic mass is 32.2. The zero-order valence-corrected chi connectivity index (χ0v) is 15.0. The summed E-state index contributed by atoms with van der Waals surface area (Å²) >= 11 is 0. The van der Waals surface area contributed by atoms with Crippen molar-refractivity contribution in [1.82, 2.24) is 9.88 Å². The molecule has 0 unspecified atom stereocenters. The summed E-state index contributed by atoms with van der Waals surface area (Å²) < 4.78 is 17.9. The molecule has 1 aliphatic heterocycles. The van der Waals surface area contributed by atoms with Crippen LogP contribution in [0.3, 0.4) is 0 Å². The van der Waals surface area contributed by atoms with Gasteiger partial charge in [-0.1, -0.05) is 0 Å². The number of amides is 1. The summed E-state index contributed by atoms with van der Waals surface area (Å²) in [6.07, 6.45) is 6.06. The van der Waals surface area contributed by atoms with Gasteiger partial charge in [0.2, 0.25) is 0 Å². The van der Waals surface area contributed by atoms with Crippen molar-refractivity contribution in [3.8, 4) is 0 Å². The topological polar surface area (TPSA) is 59.5 Å². The fourth-order valence-corrected chi connectivity index (χ4v) is 4.13. The van der Waals surface area contributed by atoms with Crippen molar-refractivity contribution in [1.29, 1.82) is 0 Å². The van der Waals surface area contributed by atoms with E-state index in [9.17, 15) is 9.00 Å². The third-order valence-electron chi connectivity index (χ3n) is 3.71. The molecule has 0 saturated carbocycles. The van der Waals surface area contributed by atoms with Crippen molar-refractivity contribution >= 4 is 16.9 Å². The van der Waals surface area contributed by atoms with Crippen LogP contribution in [0.5, 0.6) is 0 Å². The smallest absolute Gasteiger partial charge is 0.410 e. The van der Waals surface area contributed by atoms with E-state index in [1.54, 1.807) is 17.3 Å². The molecule has 0 aromatic carbocycles. The van der Waals surface area contributed by atoms with Crippen molar-refractivity contribution in [2.45, 2.75) is 57.4 Å². The highest BCUT2D eigenvalue weighted by molar-refractivity contribution is 7.84. The summed E-state index contributed by atoms with van der Waals surface area (Å²) in [6, 6.07) is 3.76. The van der Waals surface area contributed by atoms with Crippen LogP contribution >= 0.6 is 0 Å². The van der Waals surface area contributed by atoms with Gasteiger partial charge in [-0.3, -0.25) is 9.19 Å². The number of ether oxygens (including phenoxy) is 1. The van der Waals surface area contributed by atoms with E-state index in [4.69, 9.17) is 4.74 Å². The van der Waals surface area contributed by atoms with Gasteiger partial charge in [0.05, 0.1) is 0 Å². The Morgan fingerprint density at radius 3 is 2.70 bits per heavy atom. The molecular weight excluding hydrogens is 312 g/mol. The molecule has 6 heteroatoms. The fourth-order valence-electron chi connectivity index (χ4n) is 2.67. The first kappa shape index (κ1) is 17.9. The number of carbonyl (C=O) groups is 1. The Hall–Kier alpha value is -1.43. The Labute approximate surface area is 140 Å². The standard InChI is InChI=1S/C17H26N2O3S/c1-17(2,3)22-16(20)19-11-5-4-6-15(19)13-23(21)12-14-7-9-18-10-8-14/h7-10,15H,4-6,11-13H2,1-3H3/t15-,23+/m1/s1. The number of pyridine rings is 1. The number of aromatic nitrogens is 1. The van der Waals surface area contributed by atoms with Gasteiger partial charge < -0.3 is 9.64 Å². The molecule has 0 N–H and O–H groups in total. The first-order valence-corrected chi connectivity index (χ1v) is 9.57. The maximum absolute atomic E-state index is 12.4. The summed E-state index contributed by atoms with van der Waals surface area (Å²) in [7, 11) is -1.01. The van der Waals surface area contributed by atoms with Gasteiger partial charge in [-0.25, -0.2) is 4.79 Å². The second-order valence-electron chi connectivity index (χ2n) is 6.93. The van der Waals surface area contributed by atoms with E-state index < -0.39 is 16.4 Å². The lowest BCUT2D eigenvalue weighted by molar-refractivity contribution is 0.0125. The van der Waals surface area contributed by atoms with Crippen LogP contribution in [0.25, 0.3) is 0 Å². The number of likely N-dealkylation sites (tertiary alicyclic amines) is 1. The molecule has 2 atom stereocenters. The van der Waals surface area contributed by atoms with E-state index in [-0.39, 0.29) is 12.1 Å². The number of hydrogen-bond donors (Lipinski definition) is 0. The van der Waals surface area contributed by atoms with Gasteiger partial charge in [0, 0.05) is 47.3 Å². The van der Waals surface area contributed by atoms with Gasteiger partial charge in [0.25, 0.3) is 0 Å². The van der Waals surface area contributed by atoms with Crippen LogP contribution < -0.4 is 0 Å². The third-order valence-corrected chi connectivity index (χ3v) is 5.12. The minimum absolute atomic E-state index is 0.00118. The van der Waals surface area contributed by atoms with Crippen LogP contribution in [0.1, 0.15) is 45.6 Å². The lowest BCUT2D eigenvalue weighted by Crippen LogP contribution is -2.48. The molecule has 128 valence electrons. The van der Waals surface area contributed by atoms with Gasteiger partial charge in [0.15, 0.2) is 0 Å². The molecule has 23 heavy (non-hydrogen) atoms. The van der Waals surface area contributed by atoms with Crippen LogP contribution in [-0.4, -0.2) is 44.1 Å². The summed E-state index contributed by atoms with van der Waals surface area (Å²) in [5, 5.41) is 0. The molecule has 0 aliphatic carbocycles. The second kappa shape index (κ2) is 7.90.